The van der Waals surface area contributed by atoms with Crippen LogP contribution in [0.1, 0.15) is 38.0 Å². The standard InChI is InChI=1S/C14H18BrN3O/c1-4-16-14(2,3)13-17-12(18-19-13)9-10-5-7-11(15)8-6-10/h5-8,16H,4,9H2,1-3H3. The highest BCUT2D eigenvalue weighted by Gasteiger charge is 2.26. The number of rotatable bonds is 5. The molecule has 0 unspecified atom stereocenters. The minimum atomic E-state index is -0.292. The fraction of sp³-hybridized carbons (Fsp3) is 0.429. The minimum Gasteiger partial charge on any atom is -0.337 e. The van der Waals surface area contributed by atoms with Crippen molar-refractivity contribution in [2.24, 2.45) is 0 Å². The third-order valence-electron chi connectivity index (χ3n) is 2.90. The van der Waals surface area contributed by atoms with Gasteiger partial charge in [-0.25, -0.2) is 0 Å². The second-order valence-corrected chi connectivity index (χ2v) is 5.89. The van der Waals surface area contributed by atoms with E-state index < -0.39 is 0 Å². The van der Waals surface area contributed by atoms with E-state index in [1.165, 1.54) is 0 Å². The first-order chi connectivity index (χ1) is 9.01. The summed E-state index contributed by atoms with van der Waals surface area (Å²) in [6.45, 7) is 6.99. The molecule has 1 aromatic heterocycles. The Morgan fingerprint density at radius 1 is 1.26 bits per heavy atom. The highest BCUT2D eigenvalue weighted by Crippen LogP contribution is 2.19. The Bertz CT molecular complexity index is 534. The van der Waals surface area contributed by atoms with Crippen LogP contribution in [0.25, 0.3) is 0 Å². The molecule has 0 fully saturated rings. The quantitative estimate of drug-likeness (QED) is 0.917. The number of benzene rings is 1. The van der Waals surface area contributed by atoms with Crippen molar-refractivity contribution in [2.75, 3.05) is 6.54 Å². The Morgan fingerprint density at radius 2 is 1.95 bits per heavy atom. The van der Waals surface area contributed by atoms with Crippen molar-refractivity contribution >= 4 is 15.9 Å². The zero-order valence-corrected chi connectivity index (χ0v) is 13.0. The predicted molar refractivity (Wildman–Crippen MR) is 77.9 cm³/mol. The Labute approximate surface area is 121 Å². The maximum absolute atomic E-state index is 5.35. The van der Waals surface area contributed by atoms with E-state index in [1.807, 2.05) is 26.0 Å². The Balaban J connectivity index is 2.11. The van der Waals surface area contributed by atoms with Gasteiger partial charge in [0.1, 0.15) is 0 Å². The van der Waals surface area contributed by atoms with E-state index in [9.17, 15) is 0 Å². The topological polar surface area (TPSA) is 51.0 Å². The van der Waals surface area contributed by atoms with Gasteiger partial charge < -0.3 is 9.84 Å². The SMILES string of the molecule is CCNC(C)(C)c1nc(Cc2ccc(Br)cc2)no1. The van der Waals surface area contributed by atoms with Gasteiger partial charge in [-0.3, -0.25) is 0 Å². The number of aromatic nitrogens is 2. The predicted octanol–water partition coefficient (Wildman–Crippen LogP) is 3.27. The first-order valence-corrected chi connectivity index (χ1v) is 7.13. The lowest BCUT2D eigenvalue weighted by Gasteiger charge is -2.20. The maximum atomic E-state index is 5.35. The lowest BCUT2D eigenvalue weighted by Crippen LogP contribution is -2.36. The average Bonchev–Trinajstić information content (AvgIpc) is 2.81. The van der Waals surface area contributed by atoms with Crippen LogP contribution in [0.5, 0.6) is 0 Å². The molecule has 102 valence electrons. The van der Waals surface area contributed by atoms with Gasteiger partial charge in [-0.2, -0.15) is 4.98 Å². The number of halogens is 1. The summed E-state index contributed by atoms with van der Waals surface area (Å²) in [5, 5.41) is 7.36. The molecule has 1 N–H and O–H groups in total. The monoisotopic (exact) mass is 323 g/mol. The zero-order valence-electron chi connectivity index (χ0n) is 11.4. The first kappa shape index (κ1) is 14.2. The van der Waals surface area contributed by atoms with Crippen LogP contribution in [-0.2, 0) is 12.0 Å². The summed E-state index contributed by atoms with van der Waals surface area (Å²) in [5.74, 6) is 1.34. The van der Waals surface area contributed by atoms with Gasteiger partial charge in [0, 0.05) is 10.9 Å². The second-order valence-electron chi connectivity index (χ2n) is 4.97. The summed E-state index contributed by atoms with van der Waals surface area (Å²) in [6, 6.07) is 8.13. The number of nitrogens with zero attached hydrogens (tertiary/aromatic N) is 2. The fourth-order valence-electron chi connectivity index (χ4n) is 1.88. The van der Waals surface area contributed by atoms with Crippen molar-refractivity contribution in [3.8, 4) is 0 Å². The van der Waals surface area contributed by atoms with E-state index >= 15 is 0 Å². The van der Waals surface area contributed by atoms with Crippen LogP contribution < -0.4 is 5.32 Å². The lowest BCUT2D eigenvalue weighted by atomic mass is 10.1. The molecule has 19 heavy (non-hydrogen) atoms. The number of hydrogen-bond donors (Lipinski definition) is 1. The van der Waals surface area contributed by atoms with E-state index in [-0.39, 0.29) is 5.54 Å². The van der Waals surface area contributed by atoms with Gasteiger partial charge in [0.15, 0.2) is 5.82 Å². The van der Waals surface area contributed by atoms with Gasteiger partial charge >= 0.3 is 0 Å². The van der Waals surface area contributed by atoms with Crippen molar-refractivity contribution < 1.29 is 4.52 Å². The van der Waals surface area contributed by atoms with Gasteiger partial charge in [-0.15, -0.1) is 0 Å². The number of hydrogen-bond acceptors (Lipinski definition) is 4. The summed E-state index contributed by atoms with van der Waals surface area (Å²) in [7, 11) is 0. The van der Waals surface area contributed by atoms with E-state index in [4.69, 9.17) is 4.52 Å². The Morgan fingerprint density at radius 3 is 2.58 bits per heavy atom. The summed E-state index contributed by atoms with van der Waals surface area (Å²) >= 11 is 3.42. The van der Waals surface area contributed by atoms with Gasteiger partial charge in [-0.1, -0.05) is 40.1 Å². The number of nitrogens with one attached hydrogen (secondary N) is 1. The van der Waals surface area contributed by atoms with Gasteiger partial charge in [0.2, 0.25) is 5.89 Å². The molecule has 0 saturated carbocycles. The van der Waals surface area contributed by atoms with Crippen molar-refractivity contribution in [1.82, 2.24) is 15.5 Å². The van der Waals surface area contributed by atoms with E-state index in [0.29, 0.717) is 18.1 Å². The largest absolute Gasteiger partial charge is 0.337 e. The Hall–Kier alpha value is -1.20. The van der Waals surface area contributed by atoms with E-state index in [1.54, 1.807) is 0 Å². The van der Waals surface area contributed by atoms with Crippen LogP contribution in [0.15, 0.2) is 33.3 Å². The lowest BCUT2D eigenvalue weighted by molar-refractivity contribution is 0.271. The average molecular weight is 324 g/mol. The van der Waals surface area contributed by atoms with Crippen LogP contribution in [0.2, 0.25) is 0 Å². The van der Waals surface area contributed by atoms with E-state index in [0.717, 1.165) is 16.6 Å². The molecule has 4 nitrogen and oxygen atoms in total. The van der Waals surface area contributed by atoms with Gasteiger partial charge in [0.25, 0.3) is 0 Å². The minimum absolute atomic E-state index is 0.292. The molecule has 0 aliphatic heterocycles. The van der Waals surface area contributed by atoms with Crippen LogP contribution in [0, 0.1) is 0 Å². The third kappa shape index (κ3) is 3.64. The molecule has 0 bridgehead atoms. The van der Waals surface area contributed by atoms with Crippen LogP contribution in [0.4, 0.5) is 0 Å². The molecule has 5 heteroatoms. The summed E-state index contributed by atoms with van der Waals surface area (Å²) in [6.07, 6.45) is 0.680. The molecule has 0 aliphatic rings. The van der Waals surface area contributed by atoms with Crippen LogP contribution in [-0.4, -0.2) is 16.7 Å². The fourth-order valence-corrected chi connectivity index (χ4v) is 2.15. The van der Waals surface area contributed by atoms with E-state index in [2.05, 4.69) is 50.4 Å². The normalized spacial score (nSPS) is 11.8. The molecule has 0 aliphatic carbocycles. The van der Waals surface area contributed by atoms with Crippen LogP contribution >= 0.6 is 15.9 Å². The van der Waals surface area contributed by atoms with Crippen molar-refractivity contribution in [2.45, 2.75) is 32.7 Å². The summed E-state index contributed by atoms with van der Waals surface area (Å²) in [5.41, 5.74) is 0.872. The first-order valence-electron chi connectivity index (χ1n) is 6.34. The molecule has 0 radical (unpaired) electrons. The molecule has 0 amide bonds. The highest BCUT2D eigenvalue weighted by molar-refractivity contribution is 9.10. The molecule has 0 atom stereocenters. The summed E-state index contributed by atoms with van der Waals surface area (Å²) in [4.78, 5) is 4.47. The molecule has 1 aromatic carbocycles. The third-order valence-corrected chi connectivity index (χ3v) is 3.43. The second kappa shape index (κ2) is 5.84. The molecule has 0 spiro atoms. The summed E-state index contributed by atoms with van der Waals surface area (Å²) < 4.78 is 6.41. The molecular formula is C14H18BrN3O. The highest BCUT2D eigenvalue weighted by atomic mass is 79.9. The molecule has 0 saturated heterocycles. The zero-order chi connectivity index (χ0) is 13.9. The van der Waals surface area contributed by atoms with Crippen molar-refractivity contribution in [3.05, 3.63) is 46.0 Å². The molecule has 2 aromatic rings. The molecule has 1 heterocycles. The Kier molecular flexibility index (Phi) is 4.37. The van der Waals surface area contributed by atoms with Gasteiger partial charge in [-0.05, 0) is 38.1 Å². The van der Waals surface area contributed by atoms with Crippen molar-refractivity contribution in [1.29, 1.82) is 0 Å². The molecule has 2 rings (SSSR count). The van der Waals surface area contributed by atoms with Crippen molar-refractivity contribution in [3.63, 3.8) is 0 Å². The van der Waals surface area contributed by atoms with Gasteiger partial charge in [0.05, 0.1) is 5.54 Å². The maximum Gasteiger partial charge on any atom is 0.246 e. The molecular weight excluding hydrogens is 306 g/mol. The van der Waals surface area contributed by atoms with Crippen LogP contribution in [0.3, 0.4) is 0 Å². The smallest absolute Gasteiger partial charge is 0.246 e.